The van der Waals surface area contributed by atoms with E-state index in [4.69, 9.17) is 21.9 Å². The van der Waals surface area contributed by atoms with Crippen LogP contribution in [0.2, 0.25) is 5.02 Å². The molecule has 5 heteroatoms. The van der Waals surface area contributed by atoms with E-state index in [2.05, 4.69) is 10.1 Å². The molecule has 0 amide bonds. The average Bonchev–Trinajstić information content (AvgIpc) is 2.82. The number of aryl methyl sites for hydroxylation is 1. The van der Waals surface area contributed by atoms with Crippen LogP contribution in [0.4, 0.5) is 5.88 Å². The Hall–Kier alpha value is -1.94. The number of hydrogen-bond acceptors (Lipinski definition) is 3. The van der Waals surface area contributed by atoms with Gasteiger partial charge < -0.3 is 15.2 Å². The highest BCUT2D eigenvalue weighted by Gasteiger charge is 2.16. The van der Waals surface area contributed by atoms with Crippen molar-refractivity contribution < 1.29 is 4.52 Å². The Kier molecular flexibility index (Phi) is 2.12. The van der Waals surface area contributed by atoms with Gasteiger partial charge in [0.1, 0.15) is 5.69 Å². The summed E-state index contributed by atoms with van der Waals surface area (Å²) in [7, 11) is 0. The van der Waals surface area contributed by atoms with Crippen molar-refractivity contribution in [3.63, 3.8) is 0 Å². The first-order valence-corrected chi connectivity index (χ1v) is 5.54. The fourth-order valence-corrected chi connectivity index (χ4v) is 2.33. The van der Waals surface area contributed by atoms with Crippen molar-refractivity contribution in [1.82, 2.24) is 10.1 Å². The van der Waals surface area contributed by atoms with E-state index in [-0.39, 0.29) is 0 Å². The molecule has 0 bridgehead atoms. The third kappa shape index (κ3) is 1.49. The van der Waals surface area contributed by atoms with Crippen LogP contribution in [-0.4, -0.2) is 10.1 Å². The van der Waals surface area contributed by atoms with Crippen LogP contribution in [0.5, 0.6) is 0 Å². The second kappa shape index (κ2) is 3.53. The number of hydrogen-bond donors (Lipinski definition) is 2. The maximum Gasteiger partial charge on any atom is 0.222 e. The molecule has 2 aromatic heterocycles. The van der Waals surface area contributed by atoms with Crippen LogP contribution in [0.25, 0.3) is 22.2 Å². The molecule has 0 aliphatic heterocycles. The Bertz CT molecular complexity index is 699. The Balaban J connectivity index is 2.39. The molecule has 0 unspecified atom stereocenters. The summed E-state index contributed by atoms with van der Waals surface area (Å²) in [5.74, 6) is 0.292. The van der Waals surface area contributed by atoms with Gasteiger partial charge in [0.2, 0.25) is 5.88 Å². The topological polar surface area (TPSA) is 67.8 Å². The van der Waals surface area contributed by atoms with E-state index < -0.39 is 0 Å². The number of fused-ring (bicyclic) bond motifs is 1. The van der Waals surface area contributed by atoms with Crippen LogP contribution in [0.3, 0.4) is 0 Å². The lowest BCUT2D eigenvalue weighted by Gasteiger charge is -1.97. The molecule has 17 heavy (non-hydrogen) atoms. The normalized spacial score (nSPS) is 11.2. The standard InChI is InChI=1S/C12H10ClN3O/c1-6-11(9-5-10(14)17-16-9)12-7(13)3-2-4-8(12)15-6/h2-5,15H,14H2,1H3. The molecule has 0 saturated heterocycles. The largest absolute Gasteiger partial charge is 0.368 e. The first-order chi connectivity index (χ1) is 8.16. The summed E-state index contributed by atoms with van der Waals surface area (Å²) in [6.07, 6.45) is 0. The summed E-state index contributed by atoms with van der Waals surface area (Å²) >= 11 is 6.22. The minimum atomic E-state index is 0.292. The first-order valence-electron chi connectivity index (χ1n) is 5.16. The van der Waals surface area contributed by atoms with Crippen LogP contribution < -0.4 is 5.73 Å². The van der Waals surface area contributed by atoms with E-state index in [1.165, 1.54) is 0 Å². The van der Waals surface area contributed by atoms with E-state index >= 15 is 0 Å². The molecule has 4 nitrogen and oxygen atoms in total. The third-order valence-electron chi connectivity index (χ3n) is 2.75. The number of aromatic amines is 1. The molecule has 0 spiro atoms. The second-order valence-electron chi connectivity index (χ2n) is 3.90. The lowest BCUT2D eigenvalue weighted by Crippen LogP contribution is -1.80. The van der Waals surface area contributed by atoms with Gasteiger partial charge in [-0.2, -0.15) is 0 Å². The summed E-state index contributed by atoms with van der Waals surface area (Å²) in [5.41, 5.74) is 9.14. The fourth-order valence-electron chi connectivity index (χ4n) is 2.06. The molecule has 0 aliphatic rings. The highest BCUT2D eigenvalue weighted by atomic mass is 35.5. The number of nitrogen functional groups attached to an aromatic ring is 1. The number of halogens is 1. The third-order valence-corrected chi connectivity index (χ3v) is 3.06. The Morgan fingerprint density at radius 1 is 1.41 bits per heavy atom. The summed E-state index contributed by atoms with van der Waals surface area (Å²) in [6.45, 7) is 1.97. The number of H-pyrrole nitrogens is 1. The van der Waals surface area contributed by atoms with Gasteiger partial charge in [0.05, 0.1) is 5.02 Å². The van der Waals surface area contributed by atoms with Gasteiger partial charge in [0.15, 0.2) is 0 Å². The van der Waals surface area contributed by atoms with Gasteiger partial charge in [-0.3, -0.25) is 0 Å². The SMILES string of the molecule is Cc1[nH]c2cccc(Cl)c2c1-c1cc(N)on1. The number of anilines is 1. The van der Waals surface area contributed by atoms with E-state index in [0.717, 1.165) is 22.2 Å². The minimum Gasteiger partial charge on any atom is -0.368 e. The summed E-state index contributed by atoms with van der Waals surface area (Å²) in [4.78, 5) is 3.27. The molecule has 3 aromatic rings. The average molecular weight is 248 g/mol. The molecule has 3 rings (SSSR count). The molecule has 2 heterocycles. The zero-order chi connectivity index (χ0) is 12.0. The van der Waals surface area contributed by atoms with Crippen molar-refractivity contribution in [2.45, 2.75) is 6.92 Å². The maximum atomic E-state index is 6.22. The van der Waals surface area contributed by atoms with Gasteiger partial charge in [0, 0.05) is 28.2 Å². The molecule has 0 saturated carbocycles. The van der Waals surface area contributed by atoms with Gasteiger partial charge in [-0.1, -0.05) is 22.8 Å². The van der Waals surface area contributed by atoms with Crippen molar-refractivity contribution in [3.05, 3.63) is 35.0 Å². The van der Waals surface area contributed by atoms with Crippen molar-refractivity contribution >= 4 is 28.4 Å². The van der Waals surface area contributed by atoms with Crippen molar-refractivity contribution in [2.75, 3.05) is 5.73 Å². The molecule has 0 fully saturated rings. The van der Waals surface area contributed by atoms with Crippen LogP contribution in [0.1, 0.15) is 5.69 Å². The Labute approximate surface area is 102 Å². The quantitative estimate of drug-likeness (QED) is 0.693. The smallest absolute Gasteiger partial charge is 0.222 e. The van der Waals surface area contributed by atoms with Gasteiger partial charge in [-0.25, -0.2) is 0 Å². The Morgan fingerprint density at radius 2 is 2.24 bits per heavy atom. The second-order valence-corrected chi connectivity index (χ2v) is 4.31. The lowest BCUT2D eigenvalue weighted by molar-refractivity contribution is 0.439. The number of nitrogens with zero attached hydrogens (tertiary/aromatic N) is 1. The first kappa shape index (κ1) is 10.2. The van der Waals surface area contributed by atoms with E-state index in [1.807, 2.05) is 25.1 Å². The van der Waals surface area contributed by atoms with E-state index in [1.54, 1.807) is 6.07 Å². The number of nitrogens with two attached hydrogens (primary N) is 1. The van der Waals surface area contributed by atoms with Gasteiger partial charge in [-0.05, 0) is 19.1 Å². The summed E-state index contributed by atoms with van der Waals surface area (Å²) in [5, 5.41) is 5.56. The highest BCUT2D eigenvalue weighted by molar-refractivity contribution is 6.36. The molecule has 0 atom stereocenters. The van der Waals surface area contributed by atoms with Gasteiger partial charge >= 0.3 is 0 Å². The Morgan fingerprint density at radius 3 is 2.94 bits per heavy atom. The summed E-state index contributed by atoms with van der Waals surface area (Å²) < 4.78 is 4.90. The number of nitrogens with one attached hydrogen (secondary N) is 1. The lowest BCUT2D eigenvalue weighted by atomic mass is 10.1. The van der Waals surface area contributed by atoms with Crippen LogP contribution in [0, 0.1) is 6.92 Å². The van der Waals surface area contributed by atoms with Crippen molar-refractivity contribution in [2.24, 2.45) is 0 Å². The molecule has 0 radical (unpaired) electrons. The van der Waals surface area contributed by atoms with Crippen LogP contribution in [0.15, 0.2) is 28.8 Å². The predicted octanol–water partition coefficient (Wildman–Crippen LogP) is 3.37. The van der Waals surface area contributed by atoms with E-state index in [9.17, 15) is 0 Å². The molecular weight excluding hydrogens is 238 g/mol. The number of benzene rings is 1. The molecule has 1 aromatic carbocycles. The summed E-state index contributed by atoms with van der Waals surface area (Å²) in [6, 6.07) is 7.42. The van der Waals surface area contributed by atoms with Crippen LogP contribution in [-0.2, 0) is 0 Å². The maximum absolute atomic E-state index is 6.22. The predicted molar refractivity (Wildman–Crippen MR) is 68.0 cm³/mol. The zero-order valence-corrected chi connectivity index (χ0v) is 9.88. The number of aromatic nitrogens is 2. The van der Waals surface area contributed by atoms with Crippen LogP contribution >= 0.6 is 11.6 Å². The van der Waals surface area contributed by atoms with Gasteiger partial charge in [-0.15, -0.1) is 0 Å². The molecule has 3 N–H and O–H groups in total. The monoisotopic (exact) mass is 247 g/mol. The van der Waals surface area contributed by atoms with Crippen molar-refractivity contribution in [3.8, 4) is 11.3 Å². The zero-order valence-electron chi connectivity index (χ0n) is 9.12. The van der Waals surface area contributed by atoms with E-state index in [0.29, 0.717) is 16.6 Å². The van der Waals surface area contributed by atoms with Gasteiger partial charge in [0.25, 0.3) is 0 Å². The molecule has 0 aliphatic carbocycles. The minimum absolute atomic E-state index is 0.292. The molecule has 86 valence electrons. The number of rotatable bonds is 1. The molecular formula is C12H10ClN3O. The fraction of sp³-hybridized carbons (Fsp3) is 0.0833. The van der Waals surface area contributed by atoms with Crippen molar-refractivity contribution in [1.29, 1.82) is 0 Å². The highest BCUT2D eigenvalue weighted by Crippen LogP contribution is 2.36.